The topological polar surface area (TPSA) is 29.9 Å². The summed E-state index contributed by atoms with van der Waals surface area (Å²) in [6, 6.07) is 10.3. The molecule has 3 heteroatoms. The first-order chi connectivity index (χ1) is 9.74. The molecule has 2 rings (SSSR count). The third kappa shape index (κ3) is 3.48. The number of aromatic nitrogens is 2. The molecular formula is C17H25N3. The van der Waals surface area contributed by atoms with Crippen molar-refractivity contribution >= 4 is 0 Å². The molecule has 20 heavy (non-hydrogen) atoms. The van der Waals surface area contributed by atoms with E-state index in [0.29, 0.717) is 0 Å². The van der Waals surface area contributed by atoms with Crippen molar-refractivity contribution < 1.29 is 0 Å². The van der Waals surface area contributed by atoms with Crippen LogP contribution in [0.2, 0.25) is 0 Å². The molecule has 0 aliphatic heterocycles. The zero-order chi connectivity index (χ0) is 14.4. The van der Waals surface area contributed by atoms with E-state index in [1.807, 2.05) is 10.7 Å². The third-order valence-corrected chi connectivity index (χ3v) is 3.70. The molecule has 1 heterocycles. The van der Waals surface area contributed by atoms with Crippen molar-refractivity contribution in [3.8, 4) is 5.69 Å². The molecule has 0 radical (unpaired) electrons. The van der Waals surface area contributed by atoms with Crippen molar-refractivity contribution in [1.82, 2.24) is 15.1 Å². The van der Waals surface area contributed by atoms with Gasteiger partial charge in [0.15, 0.2) is 0 Å². The first kappa shape index (κ1) is 14.8. The van der Waals surface area contributed by atoms with E-state index in [1.165, 1.54) is 30.5 Å². The Morgan fingerprint density at radius 3 is 2.55 bits per heavy atom. The number of nitrogens with zero attached hydrogens (tertiary/aromatic N) is 2. The Labute approximate surface area is 122 Å². The molecule has 0 atom stereocenters. The van der Waals surface area contributed by atoms with Crippen LogP contribution in [0.3, 0.4) is 0 Å². The van der Waals surface area contributed by atoms with Crippen LogP contribution in [0.4, 0.5) is 0 Å². The van der Waals surface area contributed by atoms with Crippen molar-refractivity contribution in [3.63, 3.8) is 0 Å². The summed E-state index contributed by atoms with van der Waals surface area (Å²) >= 11 is 0. The van der Waals surface area contributed by atoms with E-state index in [2.05, 4.69) is 55.5 Å². The number of benzene rings is 1. The molecule has 2 aromatic rings. The Bertz CT molecular complexity index is 529. The molecule has 0 aliphatic carbocycles. The first-order valence-electron chi connectivity index (χ1n) is 7.55. The Kier molecular flexibility index (Phi) is 5.36. The maximum Gasteiger partial charge on any atom is 0.0648 e. The normalized spacial score (nSPS) is 10.9. The van der Waals surface area contributed by atoms with E-state index < -0.39 is 0 Å². The minimum atomic E-state index is 0.911. The predicted octanol–water partition coefficient (Wildman–Crippen LogP) is 3.77. The minimum Gasteiger partial charge on any atom is -0.313 e. The van der Waals surface area contributed by atoms with Crippen molar-refractivity contribution in [2.45, 2.75) is 46.6 Å². The molecule has 0 fully saturated rings. The van der Waals surface area contributed by atoms with Crippen molar-refractivity contribution in [3.05, 3.63) is 47.3 Å². The van der Waals surface area contributed by atoms with Gasteiger partial charge in [0, 0.05) is 17.8 Å². The Morgan fingerprint density at radius 1 is 1.10 bits per heavy atom. The van der Waals surface area contributed by atoms with Crippen LogP contribution in [0.15, 0.2) is 30.3 Å². The molecule has 0 aliphatic rings. The van der Waals surface area contributed by atoms with Gasteiger partial charge in [-0.1, -0.05) is 38.0 Å². The number of hydrogen-bond donors (Lipinski definition) is 1. The predicted molar refractivity (Wildman–Crippen MR) is 84.3 cm³/mol. The van der Waals surface area contributed by atoms with Crippen molar-refractivity contribution in [2.24, 2.45) is 0 Å². The highest BCUT2D eigenvalue weighted by atomic mass is 15.3. The Morgan fingerprint density at radius 2 is 1.85 bits per heavy atom. The third-order valence-electron chi connectivity index (χ3n) is 3.70. The fraction of sp³-hybridized carbons (Fsp3) is 0.471. The summed E-state index contributed by atoms with van der Waals surface area (Å²) in [5, 5.41) is 8.20. The van der Waals surface area contributed by atoms with E-state index in [1.54, 1.807) is 0 Å². The molecule has 0 amide bonds. The highest BCUT2D eigenvalue weighted by Gasteiger charge is 2.11. The van der Waals surface area contributed by atoms with Gasteiger partial charge in [0.1, 0.15) is 0 Å². The molecular weight excluding hydrogens is 246 g/mol. The highest BCUT2D eigenvalue weighted by molar-refractivity contribution is 5.36. The maximum absolute atomic E-state index is 4.67. The lowest BCUT2D eigenvalue weighted by atomic mass is 10.2. The molecule has 0 saturated heterocycles. The molecule has 1 aromatic carbocycles. The van der Waals surface area contributed by atoms with Gasteiger partial charge in [-0.3, -0.25) is 0 Å². The molecule has 0 unspecified atom stereocenters. The second kappa shape index (κ2) is 7.25. The van der Waals surface area contributed by atoms with E-state index in [-0.39, 0.29) is 0 Å². The Balaban J connectivity index is 2.06. The second-order valence-electron chi connectivity index (χ2n) is 5.28. The van der Waals surface area contributed by atoms with Crippen LogP contribution in [-0.4, -0.2) is 16.3 Å². The number of hydrogen-bond acceptors (Lipinski definition) is 2. The van der Waals surface area contributed by atoms with Crippen molar-refractivity contribution in [2.75, 3.05) is 6.54 Å². The van der Waals surface area contributed by atoms with E-state index in [4.69, 9.17) is 0 Å². The number of nitrogens with one attached hydrogen (secondary N) is 1. The van der Waals surface area contributed by atoms with Crippen molar-refractivity contribution in [1.29, 1.82) is 0 Å². The first-order valence-corrected chi connectivity index (χ1v) is 7.55. The molecule has 108 valence electrons. The van der Waals surface area contributed by atoms with Gasteiger partial charge in [0.25, 0.3) is 0 Å². The summed E-state index contributed by atoms with van der Waals surface area (Å²) < 4.78 is 2.04. The van der Waals surface area contributed by atoms with Gasteiger partial charge in [-0.05, 0) is 38.9 Å². The van der Waals surface area contributed by atoms with E-state index in [0.717, 1.165) is 24.5 Å². The van der Waals surface area contributed by atoms with E-state index >= 15 is 0 Å². The molecule has 1 N–H and O–H groups in total. The largest absolute Gasteiger partial charge is 0.313 e. The highest BCUT2D eigenvalue weighted by Crippen LogP contribution is 2.17. The van der Waals surface area contributed by atoms with Gasteiger partial charge in [-0.15, -0.1) is 0 Å². The average molecular weight is 271 g/mol. The standard InChI is InChI=1S/C17H25N3/c1-4-5-9-12-18-13-17-14(2)19-20(15(17)3)16-10-7-6-8-11-16/h6-8,10-11,18H,4-5,9,12-13H2,1-3H3. The average Bonchev–Trinajstić information content (AvgIpc) is 2.75. The number of aryl methyl sites for hydroxylation is 1. The molecule has 0 saturated carbocycles. The summed E-state index contributed by atoms with van der Waals surface area (Å²) in [6.45, 7) is 8.47. The fourth-order valence-electron chi connectivity index (χ4n) is 2.46. The Hall–Kier alpha value is -1.61. The van der Waals surface area contributed by atoms with E-state index in [9.17, 15) is 0 Å². The van der Waals surface area contributed by atoms with Gasteiger partial charge in [0.2, 0.25) is 0 Å². The van der Waals surface area contributed by atoms with Crippen LogP contribution in [0.25, 0.3) is 5.69 Å². The number of unbranched alkanes of at least 4 members (excludes halogenated alkanes) is 2. The second-order valence-corrected chi connectivity index (χ2v) is 5.28. The lowest BCUT2D eigenvalue weighted by Crippen LogP contribution is -2.15. The molecule has 3 nitrogen and oxygen atoms in total. The quantitative estimate of drug-likeness (QED) is 0.777. The fourth-order valence-corrected chi connectivity index (χ4v) is 2.46. The summed E-state index contributed by atoms with van der Waals surface area (Å²) in [5.41, 5.74) is 4.81. The molecule has 0 spiro atoms. The zero-order valence-corrected chi connectivity index (χ0v) is 12.8. The maximum atomic E-state index is 4.67. The minimum absolute atomic E-state index is 0.911. The van der Waals surface area contributed by atoms with Gasteiger partial charge in [-0.2, -0.15) is 5.10 Å². The van der Waals surface area contributed by atoms with Gasteiger partial charge in [-0.25, -0.2) is 4.68 Å². The van der Waals surface area contributed by atoms with Crippen LogP contribution in [-0.2, 0) is 6.54 Å². The number of para-hydroxylation sites is 1. The van der Waals surface area contributed by atoms with Gasteiger partial charge in [0.05, 0.1) is 11.4 Å². The molecule has 1 aromatic heterocycles. The van der Waals surface area contributed by atoms with Crippen LogP contribution in [0, 0.1) is 13.8 Å². The van der Waals surface area contributed by atoms with Gasteiger partial charge >= 0.3 is 0 Å². The smallest absolute Gasteiger partial charge is 0.0648 e. The van der Waals surface area contributed by atoms with Crippen LogP contribution >= 0.6 is 0 Å². The SMILES string of the molecule is CCCCCNCc1c(C)nn(-c2ccccc2)c1C. The summed E-state index contributed by atoms with van der Waals surface area (Å²) in [4.78, 5) is 0. The van der Waals surface area contributed by atoms with Crippen LogP contribution in [0.1, 0.15) is 43.1 Å². The van der Waals surface area contributed by atoms with Crippen LogP contribution < -0.4 is 5.32 Å². The summed E-state index contributed by atoms with van der Waals surface area (Å²) in [7, 11) is 0. The summed E-state index contributed by atoms with van der Waals surface area (Å²) in [5.74, 6) is 0. The van der Waals surface area contributed by atoms with Gasteiger partial charge < -0.3 is 5.32 Å². The molecule has 0 bridgehead atoms. The van der Waals surface area contributed by atoms with Crippen LogP contribution in [0.5, 0.6) is 0 Å². The monoisotopic (exact) mass is 271 g/mol. The lowest BCUT2D eigenvalue weighted by Gasteiger charge is -2.06. The summed E-state index contributed by atoms with van der Waals surface area (Å²) in [6.07, 6.45) is 3.82. The lowest BCUT2D eigenvalue weighted by molar-refractivity contribution is 0.614. The zero-order valence-electron chi connectivity index (χ0n) is 12.8. The number of rotatable bonds is 7.